The van der Waals surface area contributed by atoms with Crippen molar-refractivity contribution in [2.24, 2.45) is 0 Å². The van der Waals surface area contributed by atoms with E-state index in [0.29, 0.717) is 17.3 Å². The van der Waals surface area contributed by atoms with Gasteiger partial charge in [-0.2, -0.15) is 0 Å². The van der Waals surface area contributed by atoms with Gasteiger partial charge >= 0.3 is 5.97 Å². The number of benzene rings is 1. The number of hydrogen-bond acceptors (Lipinski definition) is 2. The lowest BCUT2D eigenvalue weighted by Crippen LogP contribution is -2.39. The Morgan fingerprint density at radius 3 is 2.81 bits per heavy atom. The summed E-state index contributed by atoms with van der Waals surface area (Å²) in [5, 5.41) is 11.4. The fraction of sp³-hybridized carbons (Fsp3) is 0.333. The molecule has 1 aromatic carbocycles. The molecule has 1 aromatic rings. The van der Waals surface area contributed by atoms with E-state index >= 15 is 0 Å². The van der Waals surface area contributed by atoms with Crippen LogP contribution in [0.1, 0.15) is 31.7 Å². The average molecular weight is 358 g/mol. The molecule has 0 aliphatic heterocycles. The van der Waals surface area contributed by atoms with Gasteiger partial charge in [-0.1, -0.05) is 35.7 Å². The number of unbranched alkanes of at least 4 members (excludes halogenated alkanes) is 1. The van der Waals surface area contributed by atoms with Gasteiger partial charge in [0.15, 0.2) is 0 Å². The summed E-state index contributed by atoms with van der Waals surface area (Å²) < 4.78 is 14.2. The molecule has 0 radical (unpaired) electrons. The van der Waals surface area contributed by atoms with Crippen LogP contribution in [0.25, 0.3) is 6.08 Å². The van der Waals surface area contributed by atoms with Crippen molar-refractivity contribution >= 4 is 33.9 Å². The van der Waals surface area contributed by atoms with Gasteiger partial charge in [-0.15, -0.1) is 0 Å². The van der Waals surface area contributed by atoms with Gasteiger partial charge in [0.1, 0.15) is 11.9 Å². The van der Waals surface area contributed by atoms with E-state index in [-0.39, 0.29) is 5.56 Å². The molecule has 0 aliphatic rings. The van der Waals surface area contributed by atoms with Gasteiger partial charge in [-0.3, -0.25) is 4.79 Å². The number of halogens is 2. The summed E-state index contributed by atoms with van der Waals surface area (Å²) in [5.74, 6) is -2.08. The van der Waals surface area contributed by atoms with Crippen molar-refractivity contribution in [3.8, 4) is 0 Å². The SMILES string of the molecule is CCCCC(NC(=O)/C=C/c1cc(Br)ccc1F)C(=O)O. The molecule has 0 bridgehead atoms. The Balaban J connectivity index is 2.68. The van der Waals surface area contributed by atoms with E-state index in [1.54, 1.807) is 6.07 Å². The molecule has 114 valence electrons. The minimum absolute atomic E-state index is 0.250. The maximum absolute atomic E-state index is 13.5. The molecule has 4 nitrogen and oxygen atoms in total. The maximum atomic E-state index is 13.5. The van der Waals surface area contributed by atoms with E-state index in [9.17, 15) is 14.0 Å². The summed E-state index contributed by atoms with van der Waals surface area (Å²) in [4.78, 5) is 22.7. The third-order valence-corrected chi connectivity index (χ3v) is 3.33. The van der Waals surface area contributed by atoms with Crippen LogP contribution in [0, 0.1) is 5.82 Å². The number of amides is 1. The zero-order chi connectivity index (χ0) is 15.8. The number of nitrogens with one attached hydrogen (secondary N) is 1. The lowest BCUT2D eigenvalue weighted by molar-refractivity contribution is -0.141. The lowest BCUT2D eigenvalue weighted by Gasteiger charge is -2.12. The Kier molecular flexibility index (Phi) is 7.08. The summed E-state index contributed by atoms with van der Waals surface area (Å²) in [5.41, 5.74) is 0.250. The molecule has 1 atom stereocenters. The summed E-state index contributed by atoms with van der Waals surface area (Å²) in [6.45, 7) is 1.94. The highest BCUT2D eigenvalue weighted by Gasteiger charge is 2.17. The van der Waals surface area contributed by atoms with Crippen molar-refractivity contribution in [1.29, 1.82) is 0 Å². The van der Waals surface area contributed by atoms with Crippen molar-refractivity contribution in [2.75, 3.05) is 0 Å². The Morgan fingerprint density at radius 2 is 2.19 bits per heavy atom. The van der Waals surface area contributed by atoms with Crippen LogP contribution in [0.4, 0.5) is 4.39 Å². The van der Waals surface area contributed by atoms with E-state index in [1.165, 1.54) is 18.2 Å². The molecule has 0 spiro atoms. The first-order valence-corrected chi connectivity index (χ1v) is 7.39. The van der Waals surface area contributed by atoms with Crippen molar-refractivity contribution in [3.05, 3.63) is 40.1 Å². The number of carbonyl (C=O) groups is 2. The molecule has 21 heavy (non-hydrogen) atoms. The van der Waals surface area contributed by atoms with Crippen LogP contribution in [0.2, 0.25) is 0 Å². The van der Waals surface area contributed by atoms with E-state index < -0.39 is 23.7 Å². The predicted octanol–water partition coefficient (Wildman–Crippen LogP) is 3.36. The first-order chi connectivity index (χ1) is 9.93. The molecule has 1 unspecified atom stereocenters. The third kappa shape index (κ3) is 6.08. The van der Waals surface area contributed by atoms with Crippen molar-refractivity contribution in [3.63, 3.8) is 0 Å². The molecule has 1 amide bonds. The second-order valence-corrected chi connectivity index (χ2v) is 5.46. The first kappa shape index (κ1) is 17.4. The van der Waals surface area contributed by atoms with Gasteiger partial charge in [0.2, 0.25) is 5.91 Å². The van der Waals surface area contributed by atoms with Crippen LogP contribution in [-0.2, 0) is 9.59 Å². The van der Waals surface area contributed by atoms with Gasteiger partial charge in [0.05, 0.1) is 0 Å². The summed E-state index contributed by atoms with van der Waals surface area (Å²) in [6, 6.07) is 3.45. The van der Waals surface area contributed by atoms with Crippen molar-refractivity contribution in [2.45, 2.75) is 32.2 Å². The lowest BCUT2D eigenvalue weighted by atomic mass is 10.1. The zero-order valence-electron chi connectivity index (χ0n) is 11.6. The Morgan fingerprint density at radius 1 is 1.48 bits per heavy atom. The van der Waals surface area contributed by atoms with Gasteiger partial charge in [0, 0.05) is 16.1 Å². The fourth-order valence-electron chi connectivity index (χ4n) is 1.69. The number of hydrogen-bond donors (Lipinski definition) is 2. The zero-order valence-corrected chi connectivity index (χ0v) is 13.2. The average Bonchev–Trinajstić information content (AvgIpc) is 2.44. The molecular formula is C15H17BrFNO3. The van der Waals surface area contributed by atoms with E-state index in [4.69, 9.17) is 5.11 Å². The number of aliphatic carboxylic acids is 1. The van der Waals surface area contributed by atoms with Gasteiger partial charge in [-0.25, -0.2) is 9.18 Å². The summed E-state index contributed by atoms with van der Waals surface area (Å²) >= 11 is 3.21. The van der Waals surface area contributed by atoms with Crippen LogP contribution >= 0.6 is 15.9 Å². The first-order valence-electron chi connectivity index (χ1n) is 6.60. The quantitative estimate of drug-likeness (QED) is 0.735. The molecule has 1 rings (SSSR count). The Labute approximate surface area is 131 Å². The summed E-state index contributed by atoms with van der Waals surface area (Å²) in [7, 11) is 0. The van der Waals surface area contributed by atoms with Crippen LogP contribution in [0.15, 0.2) is 28.7 Å². The molecule has 0 aromatic heterocycles. The number of carboxylic acid groups (broad SMARTS) is 1. The van der Waals surface area contributed by atoms with Gasteiger partial charge in [-0.05, 0) is 30.7 Å². The standard InChI is InChI=1S/C15H17BrFNO3/c1-2-3-4-13(15(20)21)18-14(19)8-5-10-9-11(16)6-7-12(10)17/h5-9,13H,2-4H2,1H3,(H,18,19)(H,20,21)/b8-5+. The highest BCUT2D eigenvalue weighted by Crippen LogP contribution is 2.16. The Hall–Kier alpha value is -1.69. The second kappa shape index (κ2) is 8.56. The second-order valence-electron chi connectivity index (χ2n) is 4.54. The number of rotatable bonds is 7. The van der Waals surface area contributed by atoms with E-state index in [2.05, 4.69) is 21.2 Å². The molecule has 0 aliphatic carbocycles. The maximum Gasteiger partial charge on any atom is 0.326 e. The number of carbonyl (C=O) groups excluding carboxylic acids is 1. The highest BCUT2D eigenvalue weighted by atomic mass is 79.9. The van der Waals surface area contributed by atoms with E-state index in [0.717, 1.165) is 12.5 Å². The largest absolute Gasteiger partial charge is 0.480 e. The van der Waals surface area contributed by atoms with Crippen LogP contribution in [0.5, 0.6) is 0 Å². The van der Waals surface area contributed by atoms with Gasteiger partial charge in [0.25, 0.3) is 0 Å². The van der Waals surface area contributed by atoms with Crippen molar-refractivity contribution < 1.29 is 19.1 Å². The molecule has 0 heterocycles. The number of carboxylic acids is 1. The third-order valence-electron chi connectivity index (χ3n) is 2.83. The van der Waals surface area contributed by atoms with Crippen LogP contribution < -0.4 is 5.32 Å². The highest BCUT2D eigenvalue weighted by molar-refractivity contribution is 9.10. The smallest absolute Gasteiger partial charge is 0.326 e. The minimum Gasteiger partial charge on any atom is -0.480 e. The monoisotopic (exact) mass is 357 g/mol. The molecule has 0 saturated carbocycles. The molecule has 0 fully saturated rings. The molecular weight excluding hydrogens is 341 g/mol. The van der Waals surface area contributed by atoms with Crippen molar-refractivity contribution in [1.82, 2.24) is 5.32 Å². The predicted molar refractivity (Wildman–Crippen MR) is 82.2 cm³/mol. The normalized spacial score (nSPS) is 12.3. The van der Waals surface area contributed by atoms with Crippen LogP contribution in [-0.4, -0.2) is 23.0 Å². The summed E-state index contributed by atoms with van der Waals surface area (Å²) in [6.07, 6.45) is 4.37. The van der Waals surface area contributed by atoms with Gasteiger partial charge < -0.3 is 10.4 Å². The molecule has 0 saturated heterocycles. The fourth-order valence-corrected chi connectivity index (χ4v) is 2.07. The molecule has 2 N–H and O–H groups in total. The molecule has 6 heteroatoms. The minimum atomic E-state index is -1.07. The Bertz CT molecular complexity index is 546. The topological polar surface area (TPSA) is 66.4 Å². The van der Waals surface area contributed by atoms with E-state index in [1.807, 2.05) is 6.92 Å². The van der Waals surface area contributed by atoms with Crippen LogP contribution in [0.3, 0.4) is 0 Å².